The maximum Gasteiger partial charge on any atom is 0.0891 e. The maximum atomic E-state index is 5.24. The summed E-state index contributed by atoms with van der Waals surface area (Å²) in [6.07, 6.45) is 4.17. The predicted octanol–water partition coefficient (Wildman–Crippen LogP) is 0.699. The molecule has 1 rings (SSSR count). The Bertz CT molecular complexity index is 136. The lowest BCUT2D eigenvalue weighted by molar-refractivity contribution is 0.123. The molecule has 3 heteroatoms. The molecule has 0 aliphatic carbocycles. The van der Waals surface area contributed by atoms with E-state index in [0.29, 0.717) is 0 Å². The highest BCUT2D eigenvalue weighted by molar-refractivity contribution is 4.88. The van der Waals surface area contributed by atoms with E-state index in [4.69, 9.17) is 4.74 Å². The van der Waals surface area contributed by atoms with Crippen LogP contribution in [-0.2, 0) is 4.74 Å². The first kappa shape index (κ1) is 8.40. The van der Waals surface area contributed by atoms with Crippen LogP contribution in [0.2, 0.25) is 0 Å². The minimum Gasteiger partial charge on any atom is -0.380 e. The van der Waals surface area contributed by atoms with Crippen molar-refractivity contribution in [2.45, 2.75) is 6.92 Å². The number of nitrogens with zero attached hydrogens (tertiary/aromatic N) is 2. The lowest BCUT2D eigenvalue weighted by atomic mass is 10.6. The molecule has 1 aliphatic heterocycles. The van der Waals surface area contributed by atoms with Crippen molar-refractivity contribution in [3.8, 4) is 0 Å². The topological polar surface area (TPSA) is 15.7 Å². The zero-order valence-electron chi connectivity index (χ0n) is 7.29. The highest BCUT2D eigenvalue weighted by Crippen LogP contribution is 2.01. The summed E-state index contributed by atoms with van der Waals surface area (Å²) >= 11 is 0. The molecule has 64 valence electrons. The SMILES string of the molecule is CCOCCN1C=CN(C)C1. The normalized spacial score (nSPS) is 16.5. The van der Waals surface area contributed by atoms with E-state index in [2.05, 4.69) is 29.2 Å². The van der Waals surface area contributed by atoms with Crippen LogP contribution in [0, 0.1) is 0 Å². The monoisotopic (exact) mass is 156 g/mol. The van der Waals surface area contributed by atoms with Crippen LogP contribution in [0.4, 0.5) is 0 Å². The Labute approximate surface area is 68.2 Å². The van der Waals surface area contributed by atoms with Gasteiger partial charge in [0, 0.05) is 32.6 Å². The summed E-state index contributed by atoms with van der Waals surface area (Å²) in [6, 6.07) is 0. The van der Waals surface area contributed by atoms with Crippen LogP contribution >= 0.6 is 0 Å². The molecule has 0 aromatic rings. The van der Waals surface area contributed by atoms with Gasteiger partial charge in [-0.25, -0.2) is 0 Å². The molecule has 0 fully saturated rings. The lowest BCUT2D eigenvalue weighted by Gasteiger charge is -2.17. The smallest absolute Gasteiger partial charge is 0.0891 e. The molecule has 0 N–H and O–H groups in total. The van der Waals surface area contributed by atoms with Crippen LogP contribution in [0.3, 0.4) is 0 Å². The van der Waals surface area contributed by atoms with Crippen molar-refractivity contribution >= 4 is 0 Å². The summed E-state index contributed by atoms with van der Waals surface area (Å²) in [5.74, 6) is 0. The number of rotatable bonds is 4. The summed E-state index contributed by atoms with van der Waals surface area (Å²) in [5, 5.41) is 0. The Morgan fingerprint density at radius 2 is 2.27 bits per heavy atom. The van der Waals surface area contributed by atoms with Crippen molar-refractivity contribution in [3.63, 3.8) is 0 Å². The summed E-state index contributed by atoms with van der Waals surface area (Å²) in [4.78, 5) is 4.38. The molecule has 0 amide bonds. The molecule has 1 aliphatic rings. The average Bonchev–Trinajstić information content (AvgIpc) is 2.37. The molecule has 1 heterocycles. The molecule has 0 saturated heterocycles. The van der Waals surface area contributed by atoms with E-state index in [9.17, 15) is 0 Å². The number of hydrogen-bond donors (Lipinski definition) is 0. The van der Waals surface area contributed by atoms with Gasteiger partial charge in [0.25, 0.3) is 0 Å². The van der Waals surface area contributed by atoms with Gasteiger partial charge in [0.2, 0.25) is 0 Å². The van der Waals surface area contributed by atoms with Gasteiger partial charge in [-0.3, -0.25) is 0 Å². The summed E-state index contributed by atoms with van der Waals surface area (Å²) in [7, 11) is 2.07. The van der Waals surface area contributed by atoms with Gasteiger partial charge >= 0.3 is 0 Å². The fourth-order valence-corrected chi connectivity index (χ4v) is 1.06. The van der Waals surface area contributed by atoms with Crippen molar-refractivity contribution in [3.05, 3.63) is 12.4 Å². The largest absolute Gasteiger partial charge is 0.380 e. The van der Waals surface area contributed by atoms with Crippen LogP contribution in [-0.4, -0.2) is 43.3 Å². The van der Waals surface area contributed by atoms with Gasteiger partial charge in [0.15, 0.2) is 0 Å². The van der Waals surface area contributed by atoms with Crippen LogP contribution < -0.4 is 0 Å². The minimum atomic E-state index is 0.813. The molecule has 0 spiro atoms. The third kappa shape index (κ3) is 2.80. The van der Waals surface area contributed by atoms with Crippen molar-refractivity contribution in [2.75, 3.05) is 33.5 Å². The highest BCUT2D eigenvalue weighted by Gasteiger charge is 2.06. The van der Waals surface area contributed by atoms with E-state index in [0.717, 1.165) is 26.4 Å². The molecule has 0 unspecified atom stereocenters. The first-order chi connectivity index (χ1) is 5.33. The predicted molar refractivity (Wildman–Crippen MR) is 45.0 cm³/mol. The zero-order valence-corrected chi connectivity index (χ0v) is 7.29. The Hall–Kier alpha value is -0.700. The summed E-state index contributed by atoms with van der Waals surface area (Å²) < 4.78 is 5.24. The first-order valence-electron chi connectivity index (χ1n) is 4.03. The van der Waals surface area contributed by atoms with Crippen LogP contribution in [0.25, 0.3) is 0 Å². The Kier molecular flexibility index (Phi) is 3.23. The molecule has 0 aromatic carbocycles. The highest BCUT2D eigenvalue weighted by atomic mass is 16.5. The zero-order chi connectivity index (χ0) is 8.10. The van der Waals surface area contributed by atoms with E-state index in [1.807, 2.05) is 6.92 Å². The summed E-state index contributed by atoms with van der Waals surface area (Å²) in [5.41, 5.74) is 0. The standard InChI is InChI=1S/C8H16N2O/c1-3-11-7-6-10-5-4-9(2)8-10/h4-5H,3,6-8H2,1-2H3. The molecular formula is C8H16N2O. The van der Waals surface area contributed by atoms with E-state index in [-0.39, 0.29) is 0 Å². The number of ether oxygens (including phenoxy) is 1. The first-order valence-corrected chi connectivity index (χ1v) is 4.03. The van der Waals surface area contributed by atoms with E-state index in [1.54, 1.807) is 0 Å². The van der Waals surface area contributed by atoms with E-state index < -0.39 is 0 Å². The van der Waals surface area contributed by atoms with E-state index >= 15 is 0 Å². The van der Waals surface area contributed by atoms with Crippen LogP contribution in [0.1, 0.15) is 6.92 Å². The van der Waals surface area contributed by atoms with Crippen molar-refractivity contribution in [1.82, 2.24) is 9.80 Å². The second kappa shape index (κ2) is 4.23. The van der Waals surface area contributed by atoms with Crippen molar-refractivity contribution in [2.24, 2.45) is 0 Å². The van der Waals surface area contributed by atoms with Crippen LogP contribution in [0.15, 0.2) is 12.4 Å². The minimum absolute atomic E-state index is 0.813. The third-order valence-corrected chi connectivity index (χ3v) is 1.66. The van der Waals surface area contributed by atoms with Gasteiger partial charge in [-0.2, -0.15) is 0 Å². The fraction of sp³-hybridized carbons (Fsp3) is 0.750. The van der Waals surface area contributed by atoms with Gasteiger partial charge in [0.05, 0.1) is 13.3 Å². The van der Waals surface area contributed by atoms with Gasteiger partial charge in [0.1, 0.15) is 0 Å². The van der Waals surface area contributed by atoms with Gasteiger partial charge < -0.3 is 14.5 Å². The van der Waals surface area contributed by atoms with Crippen molar-refractivity contribution < 1.29 is 4.74 Å². The Morgan fingerprint density at radius 1 is 1.45 bits per heavy atom. The maximum absolute atomic E-state index is 5.24. The van der Waals surface area contributed by atoms with Crippen LogP contribution in [0.5, 0.6) is 0 Å². The molecule has 0 atom stereocenters. The molecular weight excluding hydrogens is 140 g/mol. The Balaban J connectivity index is 2.05. The van der Waals surface area contributed by atoms with Gasteiger partial charge in [-0.1, -0.05) is 0 Å². The molecule has 0 saturated carbocycles. The molecule has 0 bridgehead atoms. The summed E-state index contributed by atoms with van der Waals surface area (Å²) in [6.45, 7) is 5.65. The average molecular weight is 156 g/mol. The third-order valence-electron chi connectivity index (χ3n) is 1.66. The van der Waals surface area contributed by atoms with Crippen molar-refractivity contribution in [1.29, 1.82) is 0 Å². The Morgan fingerprint density at radius 3 is 2.82 bits per heavy atom. The van der Waals surface area contributed by atoms with Gasteiger partial charge in [-0.15, -0.1) is 0 Å². The quantitative estimate of drug-likeness (QED) is 0.557. The molecule has 0 radical (unpaired) electrons. The number of hydrogen-bond acceptors (Lipinski definition) is 3. The lowest BCUT2D eigenvalue weighted by Crippen LogP contribution is -2.25. The van der Waals surface area contributed by atoms with Gasteiger partial charge in [-0.05, 0) is 6.92 Å². The molecule has 0 aromatic heterocycles. The second-order valence-electron chi connectivity index (χ2n) is 2.71. The second-order valence-corrected chi connectivity index (χ2v) is 2.71. The fourth-order valence-electron chi connectivity index (χ4n) is 1.06. The molecule has 11 heavy (non-hydrogen) atoms. The van der Waals surface area contributed by atoms with E-state index in [1.165, 1.54) is 0 Å². The molecule has 3 nitrogen and oxygen atoms in total.